The van der Waals surface area contributed by atoms with Crippen molar-refractivity contribution in [2.45, 2.75) is 42.1 Å². The van der Waals surface area contributed by atoms with Gasteiger partial charge in [0.25, 0.3) is 0 Å². The highest BCUT2D eigenvalue weighted by Gasteiger charge is 2.31. The molecule has 1 heterocycles. The maximum Gasteiger partial charge on any atom is 0.243 e. The van der Waals surface area contributed by atoms with Gasteiger partial charge in [-0.25, -0.2) is 4.39 Å². The van der Waals surface area contributed by atoms with Gasteiger partial charge in [0.05, 0.1) is 5.69 Å². The summed E-state index contributed by atoms with van der Waals surface area (Å²) in [4.78, 5) is 25.3. The molecule has 7 heteroatoms. The molecule has 2 amide bonds. The first-order chi connectivity index (χ1) is 13.5. The van der Waals surface area contributed by atoms with Crippen LogP contribution in [0.4, 0.5) is 10.1 Å². The minimum Gasteiger partial charge on any atom is -0.356 e. The first-order valence-corrected chi connectivity index (χ1v) is 10.3. The monoisotopic (exact) mass is 399 g/mol. The van der Waals surface area contributed by atoms with E-state index in [2.05, 4.69) is 22.5 Å². The third-order valence-corrected chi connectivity index (χ3v) is 6.45. The Balaban J connectivity index is 1.40. The van der Waals surface area contributed by atoms with E-state index in [9.17, 15) is 14.0 Å². The predicted molar refractivity (Wildman–Crippen MR) is 109 cm³/mol. The van der Waals surface area contributed by atoms with Crippen molar-refractivity contribution >= 4 is 40.0 Å². The predicted octanol–water partition coefficient (Wildman–Crippen LogP) is 3.76. The first-order valence-electron chi connectivity index (χ1n) is 9.42. The Morgan fingerprint density at radius 1 is 1.21 bits per heavy atom. The SMILES string of the molecule is C=CC(=O)N[C@H]1CCC[C@@H](C(=O)NC2Nc3ccc4cc(F)ccc4c3S2)C1. The van der Waals surface area contributed by atoms with E-state index in [0.717, 1.165) is 40.6 Å². The molecule has 0 saturated heterocycles. The highest BCUT2D eigenvalue weighted by atomic mass is 32.2. The fourth-order valence-corrected chi connectivity index (χ4v) is 5.10. The number of thioether (sulfide) groups is 1. The Hall–Kier alpha value is -2.54. The van der Waals surface area contributed by atoms with Crippen LogP contribution in [0.3, 0.4) is 0 Å². The van der Waals surface area contributed by atoms with Gasteiger partial charge in [0.1, 0.15) is 5.82 Å². The maximum absolute atomic E-state index is 13.5. The maximum atomic E-state index is 13.5. The average Bonchev–Trinajstić information content (AvgIpc) is 3.10. The van der Waals surface area contributed by atoms with Crippen LogP contribution in [0.15, 0.2) is 47.9 Å². The summed E-state index contributed by atoms with van der Waals surface area (Å²) in [6, 6.07) is 8.54. The Bertz CT molecular complexity index is 949. The van der Waals surface area contributed by atoms with Crippen LogP contribution in [-0.2, 0) is 9.59 Å². The van der Waals surface area contributed by atoms with E-state index in [0.29, 0.717) is 6.42 Å². The summed E-state index contributed by atoms with van der Waals surface area (Å²) in [5, 5.41) is 11.1. The van der Waals surface area contributed by atoms with Crippen molar-refractivity contribution < 1.29 is 14.0 Å². The van der Waals surface area contributed by atoms with Crippen LogP contribution in [0, 0.1) is 11.7 Å². The summed E-state index contributed by atoms with van der Waals surface area (Å²) in [7, 11) is 0. The number of rotatable bonds is 4. The minimum absolute atomic E-state index is 0.00860. The van der Waals surface area contributed by atoms with Crippen LogP contribution in [0.5, 0.6) is 0 Å². The lowest BCUT2D eigenvalue weighted by Gasteiger charge is -2.29. The van der Waals surface area contributed by atoms with Gasteiger partial charge in [-0.15, -0.1) is 0 Å². The molecule has 4 rings (SSSR count). The highest BCUT2D eigenvalue weighted by molar-refractivity contribution is 8.00. The number of hydrogen-bond acceptors (Lipinski definition) is 4. The molecule has 3 atom stereocenters. The molecule has 1 aliphatic carbocycles. The lowest BCUT2D eigenvalue weighted by Crippen LogP contribution is -2.45. The summed E-state index contributed by atoms with van der Waals surface area (Å²) in [6.45, 7) is 3.47. The van der Waals surface area contributed by atoms with Gasteiger partial charge in [-0.05, 0) is 54.3 Å². The number of amides is 2. The second-order valence-corrected chi connectivity index (χ2v) is 8.35. The fourth-order valence-electron chi connectivity index (χ4n) is 3.93. The number of anilines is 1. The number of fused-ring (bicyclic) bond motifs is 3. The molecule has 1 fully saturated rings. The van der Waals surface area contributed by atoms with Crippen molar-refractivity contribution in [3.63, 3.8) is 0 Å². The van der Waals surface area contributed by atoms with Gasteiger partial charge in [-0.2, -0.15) is 0 Å². The molecule has 0 spiro atoms. The quantitative estimate of drug-likeness (QED) is 0.685. The van der Waals surface area contributed by atoms with Crippen LogP contribution >= 0.6 is 11.8 Å². The number of carbonyl (C=O) groups excluding carboxylic acids is 2. The number of nitrogens with one attached hydrogen (secondary N) is 3. The summed E-state index contributed by atoms with van der Waals surface area (Å²) in [6.07, 6.45) is 4.50. The Morgan fingerprint density at radius 3 is 2.89 bits per heavy atom. The number of hydrogen-bond donors (Lipinski definition) is 3. The third-order valence-electron chi connectivity index (χ3n) is 5.30. The van der Waals surface area contributed by atoms with Crippen LogP contribution < -0.4 is 16.0 Å². The molecule has 2 aromatic carbocycles. The largest absolute Gasteiger partial charge is 0.356 e. The van der Waals surface area contributed by atoms with Crippen LogP contribution in [0.25, 0.3) is 10.8 Å². The zero-order chi connectivity index (χ0) is 19.7. The second-order valence-electron chi connectivity index (χ2n) is 7.23. The number of halogens is 1. The molecule has 3 N–H and O–H groups in total. The van der Waals surface area contributed by atoms with Crippen molar-refractivity contribution in [2.75, 3.05) is 5.32 Å². The molecule has 0 radical (unpaired) electrons. The van der Waals surface area contributed by atoms with Gasteiger partial charge < -0.3 is 16.0 Å². The van der Waals surface area contributed by atoms with Crippen LogP contribution in [0.1, 0.15) is 25.7 Å². The van der Waals surface area contributed by atoms with Crippen molar-refractivity contribution in [2.24, 2.45) is 5.92 Å². The Kier molecular flexibility index (Phi) is 5.26. The van der Waals surface area contributed by atoms with Crippen molar-refractivity contribution in [3.05, 3.63) is 48.8 Å². The van der Waals surface area contributed by atoms with E-state index < -0.39 is 0 Å². The summed E-state index contributed by atoms with van der Waals surface area (Å²) >= 11 is 1.53. The minimum atomic E-state index is -0.263. The van der Waals surface area contributed by atoms with Gasteiger partial charge in [0.2, 0.25) is 11.8 Å². The van der Waals surface area contributed by atoms with Crippen LogP contribution in [0.2, 0.25) is 0 Å². The molecule has 1 saturated carbocycles. The van der Waals surface area contributed by atoms with E-state index in [-0.39, 0.29) is 35.1 Å². The molecule has 28 heavy (non-hydrogen) atoms. The van der Waals surface area contributed by atoms with Crippen LogP contribution in [-0.4, -0.2) is 23.4 Å². The Morgan fingerprint density at radius 2 is 2.07 bits per heavy atom. The van der Waals surface area contributed by atoms with Crippen molar-refractivity contribution in [1.82, 2.24) is 10.6 Å². The molecular weight excluding hydrogens is 377 g/mol. The van der Waals surface area contributed by atoms with E-state index in [1.165, 1.54) is 30.0 Å². The molecule has 2 aliphatic rings. The van der Waals surface area contributed by atoms with Gasteiger partial charge in [0.15, 0.2) is 5.50 Å². The van der Waals surface area contributed by atoms with E-state index in [4.69, 9.17) is 0 Å². The zero-order valence-corrected chi connectivity index (χ0v) is 16.2. The lowest BCUT2D eigenvalue weighted by molar-refractivity contribution is -0.127. The molecule has 2 aromatic rings. The lowest BCUT2D eigenvalue weighted by atomic mass is 9.85. The van der Waals surface area contributed by atoms with E-state index in [1.54, 1.807) is 6.07 Å². The molecule has 1 aliphatic heterocycles. The standard InChI is InChI=1S/C21H22FN3O2S/c1-2-18(26)23-15-5-3-4-13(11-15)20(27)25-21-24-17-9-6-12-10-14(22)7-8-16(12)19(17)28-21/h2,6-10,13,15,21,24H,1,3-5,11H2,(H,23,26)(H,25,27)/t13-,15+,21?/m1/s1. The molecule has 0 bridgehead atoms. The zero-order valence-electron chi connectivity index (χ0n) is 15.3. The molecular formula is C21H22FN3O2S. The smallest absolute Gasteiger partial charge is 0.243 e. The Labute approximate surface area is 167 Å². The first kappa shape index (κ1) is 18.8. The summed E-state index contributed by atoms with van der Waals surface area (Å²) < 4.78 is 13.5. The van der Waals surface area contributed by atoms with Gasteiger partial charge in [-0.1, -0.05) is 36.9 Å². The van der Waals surface area contributed by atoms with Gasteiger partial charge >= 0.3 is 0 Å². The normalized spacial score (nSPS) is 23.5. The topological polar surface area (TPSA) is 70.2 Å². The van der Waals surface area contributed by atoms with Crippen molar-refractivity contribution in [3.8, 4) is 0 Å². The van der Waals surface area contributed by atoms with Gasteiger partial charge in [0, 0.05) is 16.9 Å². The van der Waals surface area contributed by atoms with E-state index in [1.807, 2.05) is 12.1 Å². The number of benzene rings is 2. The fraction of sp³-hybridized carbons (Fsp3) is 0.333. The second kappa shape index (κ2) is 7.83. The third kappa shape index (κ3) is 3.85. The summed E-state index contributed by atoms with van der Waals surface area (Å²) in [5.74, 6) is -0.590. The molecule has 5 nitrogen and oxygen atoms in total. The van der Waals surface area contributed by atoms with Gasteiger partial charge in [-0.3, -0.25) is 9.59 Å². The van der Waals surface area contributed by atoms with E-state index >= 15 is 0 Å². The summed E-state index contributed by atoms with van der Waals surface area (Å²) in [5.41, 5.74) is 0.676. The molecule has 1 unspecified atom stereocenters. The molecule has 146 valence electrons. The number of carbonyl (C=O) groups is 2. The molecule has 0 aromatic heterocycles. The van der Waals surface area contributed by atoms with Crippen molar-refractivity contribution in [1.29, 1.82) is 0 Å². The average molecular weight is 399 g/mol. The highest BCUT2D eigenvalue weighted by Crippen LogP contribution is 2.42.